The number of hydrogen-bond donors (Lipinski definition) is 1. The highest BCUT2D eigenvalue weighted by Crippen LogP contribution is 2.29. The second-order valence-electron chi connectivity index (χ2n) is 7.86. The highest BCUT2D eigenvalue weighted by Gasteiger charge is 2.41. The monoisotopic (exact) mass is 345 g/mol. The van der Waals surface area contributed by atoms with Gasteiger partial charge >= 0.3 is 0 Å². The number of hydrogen-bond acceptors (Lipinski definition) is 1. The zero-order valence-corrected chi connectivity index (χ0v) is 16.7. The van der Waals surface area contributed by atoms with Crippen LogP contribution >= 0.6 is 0 Å². The Morgan fingerprint density at radius 2 is 1.72 bits per heavy atom. The second-order valence-corrected chi connectivity index (χ2v) is 7.86. The smallest absolute Gasteiger partial charge is 0.282 e. The van der Waals surface area contributed by atoms with Crippen molar-refractivity contribution in [2.24, 2.45) is 0 Å². The molecule has 1 fully saturated rings. The lowest BCUT2D eigenvalue weighted by atomic mass is 9.97. The number of para-hydroxylation sites is 1. The molecule has 1 amide bonds. The van der Waals surface area contributed by atoms with E-state index in [0.29, 0.717) is 0 Å². The van der Waals surface area contributed by atoms with E-state index in [4.69, 9.17) is 0 Å². The minimum Gasteiger partial charge on any atom is -0.320 e. The average molecular weight is 346 g/mol. The van der Waals surface area contributed by atoms with Crippen LogP contribution in [0.15, 0.2) is 18.2 Å². The van der Waals surface area contributed by atoms with Crippen LogP contribution in [-0.4, -0.2) is 36.1 Å². The SMILES string of the molecule is CCCC[C@H](C(=O)Nc1c(C)cccc1C)[N+]1(CCC)CCCCC1. The number of anilines is 1. The zero-order valence-electron chi connectivity index (χ0n) is 16.7. The standard InChI is InChI=1S/C22H36N2O/c1-5-7-14-20(24(15-6-2)16-9-8-10-17-24)22(25)23-21-18(3)12-11-13-19(21)4/h11-13,20H,5-10,14-17H2,1-4H3/p+1/t20-/m1/s1. The second kappa shape index (κ2) is 9.38. The number of piperidine rings is 1. The van der Waals surface area contributed by atoms with E-state index in [1.54, 1.807) is 0 Å². The van der Waals surface area contributed by atoms with Gasteiger partial charge in [-0.2, -0.15) is 0 Å². The number of rotatable bonds is 8. The highest BCUT2D eigenvalue weighted by atomic mass is 16.2. The number of unbranched alkanes of at least 4 members (excludes halogenated alkanes) is 1. The van der Waals surface area contributed by atoms with Gasteiger partial charge in [0.1, 0.15) is 0 Å². The molecule has 0 radical (unpaired) electrons. The maximum absolute atomic E-state index is 13.4. The summed E-state index contributed by atoms with van der Waals surface area (Å²) in [6.45, 7) is 12.1. The molecule has 0 saturated carbocycles. The van der Waals surface area contributed by atoms with Gasteiger partial charge in [-0.3, -0.25) is 4.79 Å². The van der Waals surface area contributed by atoms with Crippen LogP contribution in [0.5, 0.6) is 0 Å². The fourth-order valence-electron chi connectivity index (χ4n) is 4.55. The molecule has 1 saturated heterocycles. The number of aryl methyl sites for hydroxylation is 2. The molecule has 2 rings (SSSR count). The van der Waals surface area contributed by atoms with E-state index >= 15 is 0 Å². The summed E-state index contributed by atoms with van der Waals surface area (Å²) < 4.78 is 1.01. The molecule has 0 aliphatic carbocycles. The van der Waals surface area contributed by atoms with Crippen LogP contribution in [-0.2, 0) is 4.79 Å². The number of carbonyl (C=O) groups excluding carboxylic acids is 1. The Labute approximate surface area is 154 Å². The van der Waals surface area contributed by atoms with E-state index in [1.807, 2.05) is 0 Å². The topological polar surface area (TPSA) is 29.1 Å². The predicted octanol–water partition coefficient (Wildman–Crippen LogP) is 5.21. The Bertz CT molecular complexity index is 535. The quantitative estimate of drug-likeness (QED) is 0.644. The van der Waals surface area contributed by atoms with Gasteiger partial charge in [0, 0.05) is 12.1 Å². The van der Waals surface area contributed by atoms with E-state index < -0.39 is 0 Å². The Hall–Kier alpha value is -1.35. The predicted molar refractivity (Wildman–Crippen MR) is 107 cm³/mol. The molecule has 1 heterocycles. The van der Waals surface area contributed by atoms with Crippen molar-refractivity contribution in [3.05, 3.63) is 29.3 Å². The third-order valence-electron chi connectivity index (χ3n) is 5.90. The summed E-state index contributed by atoms with van der Waals surface area (Å²) in [6, 6.07) is 6.33. The van der Waals surface area contributed by atoms with Gasteiger partial charge in [0.05, 0.1) is 19.6 Å². The molecule has 1 aromatic carbocycles. The maximum atomic E-state index is 13.4. The van der Waals surface area contributed by atoms with Crippen LogP contribution in [0.25, 0.3) is 0 Å². The van der Waals surface area contributed by atoms with E-state index in [2.05, 4.69) is 51.2 Å². The van der Waals surface area contributed by atoms with Crippen molar-refractivity contribution in [3.8, 4) is 0 Å². The minimum atomic E-state index is 0.0965. The van der Waals surface area contributed by atoms with Crippen LogP contribution in [0.2, 0.25) is 0 Å². The van der Waals surface area contributed by atoms with Crippen LogP contribution in [0.3, 0.4) is 0 Å². The molecular formula is C22H37N2O+. The summed E-state index contributed by atoms with van der Waals surface area (Å²) >= 11 is 0. The van der Waals surface area contributed by atoms with Gasteiger partial charge in [0.2, 0.25) is 0 Å². The fourth-order valence-corrected chi connectivity index (χ4v) is 4.55. The lowest BCUT2D eigenvalue weighted by Crippen LogP contribution is -2.62. The Morgan fingerprint density at radius 3 is 2.28 bits per heavy atom. The maximum Gasteiger partial charge on any atom is 0.282 e. The van der Waals surface area contributed by atoms with Crippen molar-refractivity contribution >= 4 is 11.6 Å². The van der Waals surface area contributed by atoms with Crippen LogP contribution in [0.1, 0.15) is 69.9 Å². The molecule has 0 spiro atoms. The lowest BCUT2D eigenvalue weighted by Gasteiger charge is -2.46. The summed E-state index contributed by atoms with van der Waals surface area (Å²) in [6.07, 6.45) is 8.29. The average Bonchev–Trinajstić information content (AvgIpc) is 2.59. The van der Waals surface area contributed by atoms with Gasteiger partial charge in [-0.25, -0.2) is 0 Å². The van der Waals surface area contributed by atoms with Crippen molar-refractivity contribution in [2.75, 3.05) is 25.0 Å². The van der Waals surface area contributed by atoms with Crippen molar-refractivity contribution in [1.82, 2.24) is 0 Å². The number of carbonyl (C=O) groups is 1. The summed E-state index contributed by atoms with van der Waals surface area (Å²) in [5.74, 6) is 0.237. The third kappa shape index (κ3) is 4.84. The van der Waals surface area contributed by atoms with Gasteiger partial charge in [-0.05, 0) is 57.1 Å². The first-order valence-electron chi connectivity index (χ1n) is 10.3. The summed E-state index contributed by atoms with van der Waals surface area (Å²) in [5.41, 5.74) is 3.33. The van der Waals surface area contributed by atoms with Crippen molar-refractivity contribution in [3.63, 3.8) is 0 Å². The first-order valence-corrected chi connectivity index (χ1v) is 10.3. The van der Waals surface area contributed by atoms with Gasteiger partial charge < -0.3 is 9.80 Å². The molecule has 1 aliphatic heterocycles. The first kappa shape index (κ1) is 20.0. The minimum absolute atomic E-state index is 0.0965. The van der Waals surface area contributed by atoms with Crippen molar-refractivity contribution < 1.29 is 9.28 Å². The first-order chi connectivity index (χ1) is 12.0. The third-order valence-corrected chi connectivity index (χ3v) is 5.90. The fraction of sp³-hybridized carbons (Fsp3) is 0.682. The van der Waals surface area contributed by atoms with Crippen molar-refractivity contribution in [1.29, 1.82) is 0 Å². The number of nitrogens with zero attached hydrogens (tertiary/aromatic N) is 1. The van der Waals surface area contributed by atoms with Gasteiger partial charge in [0.25, 0.3) is 5.91 Å². The van der Waals surface area contributed by atoms with E-state index in [9.17, 15) is 4.79 Å². The molecule has 1 atom stereocenters. The molecular weight excluding hydrogens is 308 g/mol. The van der Waals surface area contributed by atoms with E-state index in [0.717, 1.165) is 53.5 Å². The largest absolute Gasteiger partial charge is 0.320 e. The molecule has 1 aromatic rings. The number of likely N-dealkylation sites (tertiary alicyclic amines) is 1. The normalized spacial score (nSPS) is 17.9. The number of benzene rings is 1. The molecule has 3 nitrogen and oxygen atoms in total. The number of nitrogens with one attached hydrogen (secondary N) is 1. The molecule has 25 heavy (non-hydrogen) atoms. The molecule has 0 aromatic heterocycles. The molecule has 1 N–H and O–H groups in total. The van der Waals surface area contributed by atoms with Gasteiger partial charge in [-0.1, -0.05) is 38.5 Å². The zero-order chi connectivity index (χ0) is 18.3. The van der Waals surface area contributed by atoms with Crippen LogP contribution in [0, 0.1) is 13.8 Å². The summed E-state index contributed by atoms with van der Waals surface area (Å²) in [4.78, 5) is 13.4. The lowest BCUT2D eigenvalue weighted by molar-refractivity contribution is -0.947. The Kier molecular flexibility index (Phi) is 7.49. The van der Waals surface area contributed by atoms with Crippen molar-refractivity contribution in [2.45, 2.75) is 78.7 Å². The molecule has 0 unspecified atom stereocenters. The van der Waals surface area contributed by atoms with Gasteiger partial charge in [-0.15, -0.1) is 0 Å². The van der Waals surface area contributed by atoms with Crippen LogP contribution < -0.4 is 5.32 Å². The number of quaternary nitrogens is 1. The van der Waals surface area contributed by atoms with E-state index in [1.165, 1.54) is 32.4 Å². The Morgan fingerprint density at radius 1 is 1.08 bits per heavy atom. The van der Waals surface area contributed by atoms with Crippen LogP contribution in [0.4, 0.5) is 5.69 Å². The van der Waals surface area contributed by atoms with E-state index in [-0.39, 0.29) is 11.9 Å². The molecule has 1 aliphatic rings. The highest BCUT2D eigenvalue weighted by molar-refractivity contribution is 5.95. The van der Waals surface area contributed by atoms with Gasteiger partial charge in [0.15, 0.2) is 6.04 Å². The molecule has 3 heteroatoms. The number of amides is 1. The molecule has 0 bridgehead atoms. The summed E-state index contributed by atoms with van der Waals surface area (Å²) in [5, 5.41) is 3.31. The summed E-state index contributed by atoms with van der Waals surface area (Å²) in [7, 11) is 0. The Balaban J connectivity index is 2.27. The molecule has 140 valence electrons.